The maximum absolute atomic E-state index is 12.1. The Labute approximate surface area is 120 Å². The Morgan fingerprint density at radius 2 is 2.30 bits per heavy atom. The molecule has 0 aliphatic heterocycles. The highest BCUT2D eigenvalue weighted by atomic mass is 32.1. The number of benzene rings is 1. The van der Waals surface area contributed by atoms with Crippen LogP contribution in [0.25, 0.3) is 10.2 Å². The molecule has 0 bridgehead atoms. The van der Waals surface area contributed by atoms with Crippen molar-refractivity contribution in [2.75, 3.05) is 6.54 Å². The van der Waals surface area contributed by atoms with Crippen molar-refractivity contribution < 1.29 is 4.79 Å². The van der Waals surface area contributed by atoms with Gasteiger partial charge in [0.05, 0.1) is 15.7 Å². The van der Waals surface area contributed by atoms with Gasteiger partial charge in [0.1, 0.15) is 5.82 Å². The lowest BCUT2D eigenvalue weighted by atomic mass is 10.2. The number of carbonyl (C=O) groups is 1. The van der Waals surface area contributed by atoms with Crippen molar-refractivity contribution in [2.24, 2.45) is 7.05 Å². The van der Waals surface area contributed by atoms with E-state index >= 15 is 0 Å². The smallest absolute Gasteiger partial charge is 0.251 e. The summed E-state index contributed by atoms with van der Waals surface area (Å²) >= 11 is 1.57. The first kappa shape index (κ1) is 12.8. The molecule has 0 aliphatic carbocycles. The zero-order valence-corrected chi connectivity index (χ0v) is 11.9. The van der Waals surface area contributed by atoms with Gasteiger partial charge in [-0.15, -0.1) is 11.3 Å². The Hall–Kier alpha value is -2.21. The third-order valence-electron chi connectivity index (χ3n) is 3.15. The highest BCUT2D eigenvalue weighted by molar-refractivity contribution is 7.16. The summed E-state index contributed by atoms with van der Waals surface area (Å²) in [6.45, 7) is 0.568. The average molecular weight is 286 g/mol. The molecule has 6 heteroatoms. The van der Waals surface area contributed by atoms with E-state index in [1.165, 1.54) is 0 Å². The quantitative estimate of drug-likeness (QED) is 0.798. The highest BCUT2D eigenvalue weighted by Gasteiger charge is 2.07. The van der Waals surface area contributed by atoms with Crippen LogP contribution in [0.2, 0.25) is 0 Å². The Morgan fingerprint density at radius 1 is 1.40 bits per heavy atom. The first-order valence-corrected chi connectivity index (χ1v) is 7.19. The van der Waals surface area contributed by atoms with E-state index in [4.69, 9.17) is 0 Å². The van der Waals surface area contributed by atoms with Gasteiger partial charge >= 0.3 is 0 Å². The number of rotatable bonds is 4. The molecule has 0 saturated heterocycles. The topological polar surface area (TPSA) is 59.8 Å². The maximum atomic E-state index is 12.1. The first-order valence-electron chi connectivity index (χ1n) is 6.32. The molecule has 1 N–H and O–H groups in total. The predicted molar refractivity (Wildman–Crippen MR) is 78.9 cm³/mol. The minimum absolute atomic E-state index is 0.0749. The second kappa shape index (κ2) is 5.42. The average Bonchev–Trinajstić information content (AvgIpc) is 3.07. The molecule has 0 fully saturated rings. The molecule has 0 radical (unpaired) electrons. The summed E-state index contributed by atoms with van der Waals surface area (Å²) in [5.41, 5.74) is 3.29. The van der Waals surface area contributed by atoms with Crippen molar-refractivity contribution in [1.29, 1.82) is 0 Å². The number of carbonyl (C=O) groups excluding carboxylic acids is 1. The van der Waals surface area contributed by atoms with Gasteiger partial charge in [-0.05, 0) is 18.2 Å². The highest BCUT2D eigenvalue weighted by Crippen LogP contribution is 2.18. The molecule has 0 aliphatic rings. The first-order chi connectivity index (χ1) is 9.74. The van der Waals surface area contributed by atoms with Crippen LogP contribution in [0.3, 0.4) is 0 Å². The van der Waals surface area contributed by atoms with Gasteiger partial charge in [0.15, 0.2) is 0 Å². The number of imidazole rings is 1. The van der Waals surface area contributed by atoms with Crippen LogP contribution in [0, 0.1) is 0 Å². The van der Waals surface area contributed by atoms with Crippen LogP contribution < -0.4 is 5.32 Å². The Kier molecular flexibility index (Phi) is 3.47. The van der Waals surface area contributed by atoms with Crippen LogP contribution in [0.1, 0.15) is 16.2 Å². The van der Waals surface area contributed by atoms with Crippen LogP contribution in [0.15, 0.2) is 36.1 Å². The van der Waals surface area contributed by atoms with Crippen LogP contribution in [-0.2, 0) is 13.5 Å². The van der Waals surface area contributed by atoms with Crippen LogP contribution in [-0.4, -0.2) is 27.0 Å². The molecule has 3 aromatic rings. The lowest BCUT2D eigenvalue weighted by Crippen LogP contribution is -2.26. The van der Waals surface area contributed by atoms with E-state index in [9.17, 15) is 4.79 Å². The zero-order chi connectivity index (χ0) is 13.9. The minimum atomic E-state index is -0.0749. The third kappa shape index (κ3) is 2.55. The largest absolute Gasteiger partial charge is 0.352 e. The fourth-order valence-electron chi connectivity index (χ4n) is 2.03. The Balaban J connectivity index is 1.62. The van der Waals surface area contributed by atoms with Gasteiger partial charge < -0.3 is 9.88 Å². The molecule has 0 atom stereocenters. The fraction of sp³-hybridized carbons (Fsp3) is 0.214. The molecular weight excluding hydrogens is 272 g/mol. The van der Waals surface area contributed by atoms with E-state index in [-0.39, 0.29) is 5.91 Å². The van der Waals surface area contributed by atoms with E-state index in [0.29, 0.717) is 18.5 Å². The standard InChI is InChI=1S/C14H14N4OS/c1-18-7-6-15-13(18)4-5-16-14(19)10-2-3-12-11(8-10)17-9-20-12/h2-3,6-9H,4-5H2,1H3,(H,16,19). The van der Waals surface area contributed by atoms with Crippen molar-refractivity contribution in [3.05, 3.63) is 47.5 Å². The van der Waals surface area contributed by atoms with Gasteiger partial charge in [0.25, 0.3) is 5.91 Å². The monoisotopic (exact) mass is 286 g/mol. The number of aryl methyl sites for hydroxylation is 1. The molecule has 102 valence electrons. The SMILES string of the molecule is Cn1ccnc1CCNC(=O)c1ccc2scnc2c1. The Morgan fingerprint density at radius 3 is 3.10 bits per heavy atom. The van der Waals surface area contributed by atoms with Gasteiger partial charge in [-0.3, -0.25) is 4.79 Å². The summed E-state index contributed by atoms with van der Waals surface area (Å²) in [4.78, 5) is 20.5. The number of hydrogen-bond acceptors (Lipinski definition) is 4. The maximum Gasteiger partial charge on any atom is 0.251 e. The summed E-state index contributed by atoms with van der Waals surface area (Å²) in [6, 6.07) is 5.58. The molecule has 20 heavy (non-hydrogen) atoms. The molecule has 3 rings (SSSR count). The minimum Gasteiger partial charge on any atom is -0.352 e. The summed E-state index contributed by atoms with van der Waals surface area (Å²) in [5.74, 6) is 0.884. The number of nitrogens with zero attached hydrogens (tertiary/aromatic N) is 3. The number of fused-ring (bicyclic) bond motifs is 1. The number of amides is 1. The van der Waals surface area contributed by atoms with E-state index in [0.717, 1.165) is 16.0 Å². The Bertz CT molecular complexity index is 746. The molecule has 0 saturated carbocycles. The molecule has 0 spiro atoms. The summed E-state index contributed by atoms with van der Waals surface area (Å²) in [7, 11) is 1.94. The number of nitrogens with one attached hydrogen (secondary N) is 1. The number of hydrogen-bond donors (Lipinski definition) is 1. The number of aromatic nitrogens is 3. The van der Waals surface area contributed by atoms with E-state index in [2.05, 4.69) is 15.3 Å². The van der Waals surface area contributed by atoms with Crippen molar-refractivity contribution in [3.8, 4) is 0 Å². The molecule has 1 amide bonds. The molecule has 2 aromatic heterocycles. The second-order valence-corrected chi connectivity index (χ2v) is 5.38. The van der Waals surface area contributed by atoms with Crippen LogP contribution in [0.5, 0.6) is 0 Å². The van der Waals surface area contributed by atoms with E-state index in [1.807, 2.05) is 36.0 Å². The lowest BCUT2D eigenvalue weighted by molar-refractivity contribution is 0.0954. The van der Waals surface area contributed by atoms with Crippen molar-refractivity contribution >= 4 is 27.5 Å². The molecule has 2 heterocycles. The van der Waals surface area contributed by atoms with Crippen molar-refractivity contribution in [1.82, 2.24) is 19.9 Å². The van der Waals surface area contributed by atoms with E-state index < -0.39 is 0 Å². The van der Waals surface area contributed by atoms with Gasteiger partial charge in [-0.1, -0.05) is 0 Å². The van der Waals surface area contributed by atoms with Gasteiger partial charge in [0, 0.05) is 38.0 Å². The predicted octanol–water partition coefficient (Wildman–Crippen LogP) is 2.00. The van der Waals surface area contributed by atoms with Gasteiger partial charge in [-0.25, -0.2) is 9.97 Å². The number of thiazole rings is 1. The summed E-state index contributed by atoms with van der Waals surface area (Å²) in [6.07, 6.45) is 4.37. The lowest BCUT2D eigenvalue weighted by Gasteiger charge is -2.05. The molecule has 0 unspecified atom stereocenters. The van der Waals surface area contributed by atoms with Crippen LogP contribution >= 0.6 is 11.3 Å². The fourth-order valence-corrected chi connectivity index (χ4v) is 2.69. The van der Waals surface area contributed by atoms with Gasteiger partial charge in [-0.2, -0.15) is 0 Å². The van der Waals surface area contributed by atoms with Crippen molar-refractivity contribution in [3.63, 3.8) is 0 Å². The van der Waals surface area contributed by atoms with Crippen LogP contribution in [0.4, 0.5) is 0 Å². The molecule has 5 nitrogen and oxygen atoms in total. The summed E-state index contributed by atoms with van der Waals surface area (Å²) < 4.78 is 3.04. The van der Waals surface area contributed by atoms with Crippen molar-refractivity contribution in [2.45, 2.75) is 6.42 Å². The molecular formula is C14H14N4OS. The summed E-state index contributed by atoms with van der Waals surface area (Å²) in [5, 5.41) is 2.90. The normalized spacial score (nSPS) is 10.8. The van der Waals surface area contributed by atoms with Gasteiger partial charge in [0.2, 0.25) is 0 Å². The van der Waals surface area contributed by atoms with E-state index in [1.54, 1.807) is 23.0 Å². The molecule has 1 aromatic carbocycles. The zero-order valence-electron chi connectivity index (χ0n) is 11.0. The second-order valence-electron chi connectivity index (χ2n) is 4.50. The third-order valence-corrected chi connectivity index (χ3v) is 3.96.